The van der Waals surface area contributed by atoms with Crippen LogP contribution >= 0.6 is 28.1 Å². The molecular formula is C12H15BrN2OS. The Balaban J connectivity index is 2.25. The molecule has 1 aliphatic rings. The molecule has 3 nitrogen and oxygen atoms in total. The third-order valence-corrected chi connectivity index (χ3v) is 3.75. The number of nitrogens with two attached hydrogens (primary N) is 1. The van der Waals surface area contributed by atoms with Crippen molar-refractivity contribution in [1.82, 2.24) is 0 Å². The summed E-state index contributed by atoms with van der Waals surface area (Å²) in [6, 6.07) is 6.52. The summed E-state index contributed by atoms with van der Waals surface area (Å²) < 4.78 is 0.908. The van der Waals surface area contributed by atoms with Gasteiger partial charge in [-0.3, -0.25) is 0 Å². The fourth-order valence-electron chi connectivity index (χ4n) is 1.90. The summed E-state index contributed by atoms with van der Waals surface area (Å²) >= 11 is 8.45. The van der Waals surface area contributed by atoms with Crippen molar-refractivity contribution in [3.8, 4) is 0 Å². The molecule has 3 N–H and O–H groups in total. The van der Waals surface area contributed by atoms with E-state index in [0.29, 0.717) is 17.6 Å². The number of anilines is 1. The molecule has 0 heterocycles. The van der Waals surface area contributed by atoms with Crippen LogP contribution in [0, 0.1) is 0 Å². The van der Waals surface area contributed by atoms with E-state index in [9.17, 15) is 0 Å². The molecular weight excluding hydrogens is 300 g/mol. The lowest BCUT2D eigenvalue weighted by molar-refractivity contribution is 0.301. The number of nitrogens with zero attached hydrogens (tertiary/aromatic N) is 1. The summed E-state index contributed by atoms with van der Waals surface area (Å²) in [5.74, 6) is 0. The average Bonchev–Trinajstić information content (AvgIpc) is 3.09. The van der Waals surface area contributed by atoms with E-state index in [-0.39, 0.29) is 6.61 Å². The first kappa shape index (κ1) is 12.8. The van der Waals surface area contributed by atoms with Crippen LogP contribution in [0.5, 0.6) is 0 Å². The molecule has 0 radical (unpaired) electrons. The highest BCUT2D eigenvalue weighted by Crippen LogP contribution is 2.33. The first-order valence-electron chi connectivity index (χ1n) is 5.60. The summed E-state index contributed by atoms with van der Waals surface area (Å²) in [4.78, 5) is 2.62. The van der Waals surface area contributed by atoms with Crippen molar-refractivity contribution in [1.29, 1.82) is 0 Å². The fraction of sp³-hybridized carbons (Fsp3) is 0.417. The van der Waals surface area contributed by atoms with Crippen molar-refractivity contribution < 1.29 is 5.11 Å². The van der Waals surface area contributed by atoms with Gasteiger partial charge in [0.15, 0.2) is 0 Å². The quantitative estimate of drug-likeness (QED) is 0.817. The minimum absolute atomic E-state index is 0.172. The Morgan fingerprint density at radius 1 is 1.53 bits per heavy atom. The molecule has 0 aliphatic heterocycles. The number of hydrogen-bond donors (Lipinski definition) is 2. The van der Waals surface area contributed by atoms with Gasteiger partial charge in [0.1, 0.15) is 4.99 Å². The monoisotopic (exact) mass is 314 g/mol. The minimum atomic E-state index is 0.172. The van der Waals surface area contributed by atoms with Crippen LogP contribution in [0.3, 0.4) is 0 Å². The van der Waals surface area contributed by atoms with Gasteiger partial charge in [-0.25, -0.2) is 0 Å². The highest BCUT2D eigenvalue weighted by molar-refractivity contribution is 9.10. The van der Waals surface area contributed by atoms with Crippen LogP contribution in [0.4, 0.5) is 5.69 Å². The molecule has 0 unspecified atom stereocenters. The van der Waals surface area contributed by atoms with Crippen molar-refractivity contribution in [2.24, 2.45) is 5.73 Å². The molecule has 92 valence electrons. The van der Waals surface area contributed by atoms with E-state index in [1.807, 2.05) is 18.2 Å². The second kappa shape index (κ2) is 5.33. The number of aliphatic hydroxyl groups is 1. The normalized spacial score (nSPS) is 14.7. The third kappa shape index (κ3) is 2.97. The Morgan fingerprint density at radius 3 is 2.71 bits per heavy atom. The van der Waals surface area contributed by atoms with Crippen LogP contribution in [0.2, 0.25) is 0 Å². The molecule has 1 saturated carbocycles. The van der Waals surface area contributed by atoms with Gasteiger partial charge in [-0.1, -0.05) is 12.2 Å². The van der Waals surface area contributed by atoms with Crippen molar-refractivity contribution in [2.75, 3.05) is 18.1 Å². The van der Waals surface area contributed by atoms with E-state index in [0.717, 1.165) is 15.7 Å². The minimum Gasteiger partial charge on any atom is -0.395 e. The van der Waals surface area contributed by atoms with Crippen LogP contribution in [-0.4, -0.2) is 29.3 Å². The van der Waals surface area contributed by atoms with Crippen molar-refractivity contribution >= 4 is 38.8 Å². The van der Waals surface area contributed by atoms with Gasteiger partial charge in [-0.2, -0.15) is 0 Å². The van der Waals surface area contributed by atoms with E-state index >= 15 is 0 Å². The highest BCUT2D eigenvalue weighted by Gasteiger charge is 2.29. The second-order valence-corrected chi connectivity index (χ2v) is 5.47. The average molecular weight is 315 g/mol. The molecule has 0 spiro atoms. The van der Waals surface area contributed by atoms with E-state index in [4.69, 9.17) is 23.1 Å². The maximum Gasteiger partial charge on any atom is 0.105 e. The predicted molar refractivity (Wildman–Crippen MR) is 77.5 cm³/mol. The van der Waals surface area contributed by atoms with Crippen LogP contribution in [0.15, 0.2) is 22.7 Å². The Bertz CT molecular complexity index is 435. The van der Waals surface area contributed by atoms with Crippen LogP contribution < -0.4 is 10.6 Å². The number of halogens is 1. The van der Waals surface area contributed by atoms with Crippen LogP contribution in [-0.2, 0) is 0 Å². The van der Waals surface area contributed by atoms with E-state index < -0.39 is 0 Å². The summed E-state index contributed by atoms with van der Waals surface area (Å²) in [6.07, 6.45) is 2.41. The largest absolute Gasteiger partial charge is 0.395 e. The second-order valence-electron chi connectivity index (χ2n) is 4.18. The summed E-state index contributed by atoms with van der Waals surface area (Å²) in [5, 5.41) is 9.09. The zero-order valence-electron chi connectivity index (χ0n) is 9.40. The lowest BCUT2D eigenvalue weighted by Gasteiger charge is -2.24. The van der Waals surface area contributed by atoms with Crippen LogP contribution in [0.25, 0.3) is 0 Å². The maximum atomic E-state index is 9.09. The third-order valence-electron chi connectivity index (χ3n) is 2.88. The van der Waals surface area contributed by atoms with Crippen molar-refractivity contribution in [2.45, 2.75) is 18.9 Å². The van der Waals surface area contributed by atoms with Crippen LogP contribution in [0.1, 0.15) is 18.4 Å². The number of thiocarbonyl (C=S) groups is 1. The van der Waals surface area contributed by atoms with Gasteiger partial charge in [-0.05, 0) is 47.0 Å². The number of benzene rings is 1. The standard InChI is InChI=1S/C12H15BrN2OS/c13-11-7-9(3-4-10(11)12(14)17)15(5-6-16)8-1-2-8/h3-4,7-8,16H,1-2,5-6H2,(H2,14,17). The molecule has 0 atom stereocenters. The summed E-state index contributed by atoms with van der Waals surface area (Å²) in [6.45, 7) is 0.842. The Hall–Kier alpha value is -0.650. The number of aliphatic hydroxyl groups excluding tert-OH is 1. The van der Waals surface area contributed by atoms with Crippen molar-refractivity contribution in [3.05, 3.63) is 28.2 Å². The highest BCUT2D eigenvalue weighted by atomic mass is 79.9. The maximum absolute atomic E-state index is 9.09. The molecule has 1 aliphatic carbocycles. The molecule has 0 saturated heterocycles. The topological polar surface area (TPSA) is 49.5 Å². The Labute approximate surface area is 115 Å². The van der Waals surface area contributed by atoms with Gasteiger partial charge in [0.2, 0.25) is 0 Å². The van der Waals surface area contributed by atoms with Crippen molar-refractivity contribution in [3.63, 3.8) is 0 Å². The Kier molecular flexibility index (Phi) is 4.01. The van der Waals surface area contributed by atoms with Gasteiger partial charge < -0.3 is 15.7 Å². The lowest BCUT2D eigenvalue weighted by atomic mass is 10.2. The molecule has 17 heavy (non-hydrogen) atoms. The fourth-order valence-corrected chi connectivity index (χ4v) is 2.79. The smallest absolute Gasteiger partial charge is 0.105 e. The molecule has 5 heteroatoms. The predicted octanol–water partition coefficient (Wildman–Crippen LogP) is 2.04. The van der Waals surface area contributed by atoms with Gasteiger partial charge in [0.05, 0.1) is 6.61 Å². The van der Waals surface area contributed by atoms with Gasteiger partial charge in [-0.15, -0.1) is 0 Å². The SMILES string of the molecule is NC(=S)c1ccc(N(CCO)C2CC2)cc1Br. The van der Waals surface area contributed by atoms with Gasteiger partial charge >= 0.3 is 0 Å². The summed E-state index contributed by atoms with van der Waals surface area (Å²) in [7, 11) is 0. The molecule has 1 fully saturated rings. The van der Waals surface area contributed by atoms with Gasteiger partial charge in [0.25, 0.3) is 0 Å². The molecule has 0 amide bonds. The number of rotatable bonds is 5. The zero-order valence-corrected chi connectivity index (χ0v) is 11.8. The Morgan fingerprint density at radius 2 is 2.24 bits per heavy atom. The lowest BCUT2D eigenvalue weighted by Crippen LogP contribution is -2.29. The summed E-state index contributed by atoms with van der Waals surface area (Å²) in [5.41, 5.74) is 7.57. The molecule has 2 rings (SSSR count). The molecule has 0 aromatic heterocycles. The number of hydrogen-bond acceptors (Lipinski definition) is 3. The first-order chi connectivity index (χ1) is 8.13. The molecule has 1 aromatic carbocycles. The zero-order chi connectivity index (χ0) is 12.4. The van der Waals surface area contributed by atoms with Gasteiger partial charge in [0, 0.05) is 28.3 Å². The molecule has 1 aromatic rings. The molecule has 0 bridgehead atoms. The van der Waals surface area contributed by atoms with E-state index in [1.165, 1.54) is 12.8 Å². The first-order valence-corrected chi connectivity index (χ1v) is 6.80. The van der Waals surface area contributed by atoms with E-state index in [1.54, 1.807) is 0 Å². The van der Waals surface area contributed by atoms with E-state index in [2.05, 4.69) is 20.8 Å².